The van der Waals surface area contributed by atoms with E-state index in [-0.39, 0.29) is 35.9 Å². The highest BCUT2D eigenvalue weighted by Gasteiger charge is 2.65. The van der Waals surface area contributed by atoms with E-state index in [1.807, 2.05) is 20.8 Å². The average molecular weight is 374 g/mol. The predicted molar refractivity (Wildman–Crippen MR) is 97.4 cm³/mol. The molecule has 27 heavy (non-hydrogen) atoms. The van der Waals surface area contributed by atoms with Crippen LogP contribution in [0.15, 0.2) is 23.8 Å². The molecule has 0 saturated heterocycles. The highest BCUT2D eigenvalue weighted by atomic mass is 19.1. The van der Waals surface area contributed by atoms with E-state index >= 15 is 4.39 Å². The van der Waals surface area contributed by atoms with Gasteiger partial charge in [-0.2, -0.15) is 0 Å². The van der Waals surface area contributed by atoms with Crippen LogP contribution in [0.3, 0.4) is 0 Å². The van der Waals surface area contributed by atoms with Crippen LogP contribution in [0.5, 0.6) is 0 Å². The molecule has 0 spiro atoms. The highest BCUT2D eigenvalue weighted by Crippen LogP contribution is 2.67. The Balaban J connectivity index is 1.78. The fourth-order valence-corrected chi connectivity index (χ4v) is 7.38. The third-order valence-electron chi connectivity index (χ3n) is 8.24. The number of aldehydes is 1. The summed E-state index contributed by atoms with van der Waals surface area (Å²) in [5, 5.41) is 11.2. The molecule has 3 saturated carbocycles. The van der Waals surface area contributed by atoms with Crippen LogP contribution in [0, 0.1) is 40.4 Å². The van der Waals surface area contributed by atoms with Gasteiger partial charge >= 0.3 is 0 Å². The Morgan fingerprint density at radius 2 is 2.04 bits per heavy atom. The maximum Gasteiger partial charge on any atom is 0.199 e. The number of ketones is 2. The first kappa shape index (κ1) is 18.7. The second kappa shape index (κ2) is 5.94. The molecule has 0 radical (unpaired) electrons. The lowest BCUT2D eigenvalue weighted by molar-refractivity contribution is -0.146. The number of aliphatic hydroxyl groups excluding tert-OH is 1. The van der Waals surface area contributed by atoms with Gasteiger partial charge in [-0.25, -0.2) is 4.39 Å². The third-order valence-corrected chi connectivity index (χ3v) is 8.24. The number of Topliss-reactive ketones (excluding diaryl/α,β-unsaturated/α-hetero) is 1. The molecule has 0 bridgehead atoms. The number of carbonyl (C=O) groups excluding carboxylic acids is 3. The molecule has 4 aliphatic carbocycles. The van der Waals surface area contributed by atoms with Gasteiger partial charge in [0.1, 0.15) is 6.17 Å². The van der Waals surface area contributed by atoms with Crippen molar-refractivity contribution < 1.29 is 23.9 Å². The molecule has 146 valence electrons. The normalized spacial score (nSPS) is 51.1. The molecule has 0 heterocycles. The molecule has 9 atom stereocenters. The van der Waals surface area contributed by atoms with Crippen LogP contribution in [0.4, 0.5) is 4.39 Å². The Labute approximate surface area is 158 Å². The van der Waals surface area contributed by atoms with E-state index in [0.717, 1.165) is 6.42 Å². The Morgan fingerprint density at radius 3 is 2.70 bits per heavy atom. The Morgan fingerprint density at radius 1 is 1.33 bits per heavy atom. The summed E-state index contributed by atoms with van der Waals surface area (Å²) in [6.07, 6.45) is 4.58. The highest BCUT2D eigenvalue weighted by molar-refractivity contribution is 6.26. The first-order valence-electron chi connectivity index (χ1n) is 9.90. The van der Waals surface area contributed by atoms with Gasteiger partial charge in [-0.3, -0.25) is 14.4 Å². The van der Waals surface area contributed by atoms with Crippen LogP contribution in [-0.4, -0.2) is 35.2 Å². The first-order valence-corrected chi connectivity index (χ1v) is 9.90. The molecule has 0 aromatic heterocycles. The lowest BCUT2D eigenvalue weighted by atomic mass is 9.46. The van der Waals surface area contributed by atoms with Crippen LogP contribution < -0.4 is 0 Å². The van der Waals surface area contributed by atoms with Gasteiger partial charge in [-0.1, -0.05) is 26.8 Å². The van der Waals surface area contributed by atoms with Crippen LogP contribution in [0.1, 0.15) is 40.0 Å². The van der Waals surface area contributed by atoms with Gasteiger partial charge in [0.2, 0.25) is 0 Å². The summed E-state index contributed by atoms with van der Waals surface area (Å²) in [6.45, 7) is 5.90. The fraction of sp³-hybridized carbons (Fsp3) is 0.682. The van der Waals surface area contributed by atoms with Gasteiger partial charge in [0, 0.05) is 17.3 Å². The zero-order valence-corrected chi connectivity index (χ0v) is 16.0. The molecule has 4 nitrogen and oxygen atoms in total. The van der Waals surface area contributed by atoms with Gasteiger partial charge in [0.05, 0.1) is 6.10 Å². The van der Waals surface area contributed by atoms with Crippen molar-refractivity contribution in [2.75, 3.05) is 0 Å². The van der Waals surface area contributed by atoms with E-state index in [0.29, 0.717) is 18.3 Å². The predicted octanol–water partition coefficient (Wildman–Crippen LogP) is 2.84. The smallest absolute Gasteiger partial charge is 0.199 e. The minimum Gasteiger partial charge on any atom is -0.393 e. The number of rotatable bonds is 2. The molecule has 0 amide bonds. The second-order valence-corrected chi connectivity index (χ2v) is 9.61. The van der Waals surface area contributed by atoms with Gasteiger partial charge < -0.3 is 5.11 Å². The summed E-state index contributed by atoms with van der Waals surface area (Å²) in [6, 6.07) is 0. The second-order valence-electron chi connectivity index (χ2n) is 9.61. The summed E-state index contributed by atoms with van der Waals surface area (Å²) in [4.78, 5) is 35.4. The van der Waals surface area contributed by atoms with Crippen LogP contribution >= 0.6 is 0 Å². The van der Waals surface area contributed by atoms with Crippen molar-refractivity contribution >= 4 is 17.9 Å². The molecule has 0 unspecified atom stereocenters. The first-order chi connectivity index (χ1) is 12.6. The number of alkyl halides is 1. The van der Waals surface area contributed by atoms with Crippen molar-refractivity contribution in [2.45, 2.75) is 52.3 Å². The number of fused-ring (bicyclic) bond motifs is 5. The van der Waals surface area contributed by atoms with Gasteiger partial charge in [0.25, 0.3) is 0 Å². The summed E-state index contributed by atoms with van der Waals surface area (Å²) < 4.78 is 15.2. The van der Waals surface area contributed by atoms with Gasteiger partial charge in [0.15, 0.2) is 17.9 Å². The summed E-state index contributed by atoms with van der Waals surface area (Å²) in [5.41, 5.74) is -0.707. The van der Waals surface area contributed by atoms with Gasteiger partial charge in [-0.05, 0) is 60.2 Å². The van der Waals surface area contributed by atoms with E-state index in [1.54, 1.807) is 6.08 Å². The monoisotopic (exact) mass is 374 g/mol. The molecular weight excluding hydrogens is 347 g/mol. The van der Waals surface area contributed by atoms with Gasteiger partial charge in [-0.15, -0.1) is 0 Å². The third kappa shape index (κ3) is 2.40. The van der Waals surface area contributed by atoms with Crippen molar-refractivity contribution in [2.24, 2.45) is 40.4 Å². The standard InChI is InChI=1S/C22H27FO4/c1-11-6-14-13-8-16(23)15-7-12(25)4-5-21(15,2)20(13)17(26)9-22(14,3)19(11)18(27)10-24/h4-5,7,10-11,13-14,16-17,19-20,26H,6,8-9H2,1-3H3/t11-,13+,14+,16+,17+,19-,20-,21+,22+/m1/s1. The number of aliphatic hydroxyl groups is 1. The zero-order valence-electron chi connectivity index (χ0n) is 16.0. The van der Waals surface area contributed by atoms with Crippen molar-refractivity contribution in [3.05, 3.63) is 23.8 Å². The number of halogens is 1. The molecule has 5 heteroatoms. The number of hydrogen-bond donors (Lipinski definition) is 1. The summed E-state index contributed by atoms with van der Waals surface area (Å²) in [5.74, 6) is -1.17. The minimum absolute atomic E-state index is 0.0370. The van der Waals surface area contributed by atoms with Crippen LogP contribution in [0.2, 0.25) is 0 Å². The molecule has 0 aliphatic heterocycles. The van der Waals surface area contributed by atoms with E-state index in [2.05, 4.69) is 0 Å². The minimum atomic E-state index is -1.23. The molecule has 0 aromatic rings. The molecular formula is C22H27FO4. The molecule has 4 aliphatic rings. The molecule has 0 aromatic carbocycles. The molecule has 1 N–H and O–H groups in total. The summed E-state index contributed by atoms with van der Waals surface area (Å²) in [7, 11) is 0. The van der Waals surface area contributed by atoms with Crippen molar-refractivity contribution in [1.82, 2.24) is 0 Å². The maximum absolute atomic E-state index is 15.2. The Kier molecular flexibility index (Phi) is 4.12. The SMILES string of the molecule is C[C@@H]1C[C@H]2[C@@H]3C[C@H](F)C4=CC(=O)C=C[C@]4(C)[C@H]3[C@@H](O)C[C@]2(C)[C@H]1C(=O)C=O. The topological polar surface area (TPSA) is 71.4 Å². The Bertz CT molecular complexity index is 770. The van der Waals surface area contributed by atoms with Crippen molar-refractivity contribution in [3.8, 4) is 0 Å². The molecule has 3 fully saturated rings. The fourth-order valence-electron chi connectivity index (χ4n) is 7.38. The van der Waals surface area contributed by atoms with Crippen molar-refractivity contribution in [1.29, 1.82) is 0 Å². The Hall–Kier alpha value is -1.62. The van der Waals surface area contributed by atoms with E-state index in [1.165, 1.54) is 12.2 Å². The largest absolute Gasteiger partial charge is 0.393 e. The van der Waals surface area contributed by atoms with Crippen LogP contribution in [-0.2, 0) is 14.4 Å². The summed E-state index contributed by atoms with van der Waals surface area (Å²) >= 11 is 0. The quantitative estimate of drug-likeness (QED) is 0.596. The number of hydrogen-bond acceptors (Lipinski definition) is 4. The van der Waals surface area contributed by atoms with E-state index < -0.39 is 34.8 Å². The average Bonchev–Trinajstić information content (AvgIpc) is 2.85. The number of carbonyl (C=O) groups is 3. The zero-order chi connectivity index (χ0) is 19.7. The van der Waals surface area contributed by atoms with E-state index in [4.69, 9.17) is 0 Å². The maximum atomic E-state index is 15.2. The van der Waals surface area contributed by atoms with Crippen molar-refractivity contribution in [3.63, 3.8) is 0 Å². The molecule has 4 rings (SSSR count). The lowest BCUT2D eigenvalue weighted by Crippen LogP contribution is -2.58. The lowest BCUT2D eigenvalue weighted by Gasteiger charge is -2.59. The van der Waals surface area contributed by atoms with E-state index in [9.17, 15) is 19.5 Å². The number of allylic oxidation sites excluding steroid dienone is 4. The van der Waals surface area contributed by atoms with Crippen LogP contribution in [0.25, 0.3) is 0 Å².